The third-order valence-electron chi connectivity index (χ3n) is 5.63. The van der Waals surface area contributed by atoms with Gasteiger partial charge in [0.05, 0.1) is 30.2 Å². The van der Waals surface area contributed by atoms with Gasteiger partial charge >= 0.3 is 0 Å². The summed E-state index contributed by atoms with van der Waals surface area (Å²) in [5.41, 5.74) is 1.32. The lowest BCUT2D eigenvalue weighted by Crippen LogP contribution is -2.37. The van der Waals surface area contributed by atoms with Crippen LogP contribution in [0.4, 0.5) is 13.2 Å². The lowest BCUT2D eigenvalue weighted by molar-refractivity contribution is 0.0336. The molecule has 3 aromatic heterocycles. The Hall–Kier alpha value is -3.59. The number of carbonyl (C=O) groups is 1. The normalized spacial score (nSPS) is 15.9. The highest BCUT2D eigenvalue weighted by Crippen LogP contribution is 2.34. The second-order valence-electron chi connectivity index (χ2n) is 7.51. The topological polar surface area (TPSA) is 66.8 Å². The second-order valence-corrected chi connectivity index (χ2v) is 7.51. The maximum Gasteiger partial charge on any atom is 0.256 e. The van der Waals surface area contributed by atoms with E-state index in [1.54, 1.807) is 19.2 Å². The molecular formula is C22H16F3N3O3. The molecule has 0 fully saturated rings. The first kappa shape index (κ1) is 19.4. The van der Waals surface area contributed by atoms with Crippen molar-refractivity contribution in [1.29, 1.82) is 0 Å². The second kappa shape index (κ2) is 6.98. The number of likely N-dealkylation sites (N-methyl/N-ethyl adjacent to an activating group) is 1. The minimum Gasteiger partial charge on any atom is -0.373 e. The van der Waals surface area contributed by atoms with Crippen LogP contribution in [0.1, 0.15) is 27.7 Å². The highest BCUT2D eigenvalue weighted by Gasteiger charge is 2.31. The molecule has 1 N–H and O–H groups in total. The first-order chi connectivity index (χ1) is 14.8. The molecule has 4 heterocycles. The van der Waals surface area contributed by atoms with Gasteiger partial charge in [-0.05, 0) is 35.7 Å². The number of rotatable bonds is 2. The molecule has 0 spiro atoms. The van der Waals surface area contributed by atoms with Crippen molar-refractivity contribution in [3.63, 3.8) is 0 Å². The van der Waals surface area contributed by atoms with E-state index < -0.39 is 29.1 Å². The van der Waals surface area contributed by atoms with E-state index in [1.807, 2.05) is 0 Å². The molecule has 0 aliphatic carbocycles. The third kappa shape index (κ3) is 3.09. The number of ether oxygens (including phenoxy) is 1. The van der Waals surface area contributed by atoms with Crippen LogP contribution < -0.4 is 5.56 Å². The first-order valence-electron chi connectivity index (χ1n) is 9.49. The van der Waals surface area contributed by atoms with Gasteiger partial charge in [-0.2, -0.15) is 0 Å². The number of halogens is 3. The van der Waals surface area contributed by atoms with Gasteiger partial charge in [0.15, 0.2) is 11.6 Å². The van der Waals surface area contributed by atoms with E-state index in [9.17, 15) is 22.8 Å². The number of aromatic amines is 1. The quantitative estimate of drug-likeness (QED) is 0.532. The summed E-state index contributed by atoms with van der Waals surface area (Å²) in [6, 6.07) is 5.66. The fourth-order valence-corrected chi connectivity index (χ4v) is 4.09. The number of nitrogens with zero attached hydrogens (tertiary/aromatic N) is 2. The van der Waals surface area contributed by atoms with Crippen molar-refractivity contribution in [2.75, 3.05) is 13.7 Å². The van der Waals surface area contributed by atoms with Gasteiger partial charge < -0.3 is 19.0 Å². The van der Waals surface area contributed by atoms with Crippen molar-refractivity contribution >= 4 is 22.2 Å². The van der Waals surface area contributed by atoms with Crippen LogP contribution in [0.3, 0.4) is 0 Å². The summed E-state index contributed by atoms with van der Waals surface area (Å²) in [5.74, 6) is -3.01. The van der Waals surface area contributed by atoms with E-state index in [4.69, 9.17) is 4.74 Å². The van der Waals surface area contributed by atoms with Crippen LogP contribution in [0.5, 0.6) is 0 Å². The molecule has 0 saturated heterocycles. The van der Waals surface area contributed by atoms with Gasteiger partial charge in [0.1, 0.15) is 5.82 Å². The molecule has 5 rings (SSSR count). The smallest absolute Gasteiger partial charge is 0.256 e. The van der Waals surface area contributed by atoms with E-state index >= 15 is 0 Å². The molecule has 31 heavy (non-hydrogen) atoms. The molecule has 1 aromatic carbocycles. The Bertz CT molecular complexity index is 1430. The summed E-state index contributed by atoms with van der Waals surface area (Å²) in [7, 11) is 1.56. The van der Waals surface area contributed by atoms with E-state index in [-0.39, 0.29) is 29.9 Å². The highest BCUT2D eigenvalue weighted by atomic mass is 19.2. The van der Waals surface area contributed by atoms with Crippen LogP contribution in [-0.2, 0) is 11.3 Å². The third-order valence-corrected chi connectivity index (χ3v) is 5.63. The maximum absolute atomic E-state index is 14.0. The molecule has 4 aromatic rings. The van der Waals surface area contributed by atoms with Crippen LogP contribution in [0.2, 0.25) is 0 Å². The minimum atomic E-state index is -1.13. The predicted molar refractivity (Wildman–Crippen MR) is 106 cm³/mol. The minimum absolute atomic E-state index is 0.00419. The van der Waals surface area contributed by atoms with Crippen molar-refractivity contribution in [2.24, 2.45) is 0 Å². The molecule has 0 unspecified atom stereocenters. The van der Waals surface area contributed by atoms with E-state index in [0.717, 1.165) is 12.1 Å². The largest absolute Gasteiger partial charge is 0.373 e. The lowest BCUT2D eigenvalue weighted by atomic mass is 9.95. The number of carbonyl (C=O) groups excluding carboxylic acids is 1. The van der Waals surface area contributed by atoms with E-state index in [0.29, 0.717) is 22.3 Å². The lowest BCUT2D eigenvalue weighted by Gasteiger charge is -2.33. The summed E-state index contributed by atoms with van der Waals surface area (Å²) < 4.78 is 48.3. The average molecular weight is 427 g/mol. The van der Waals surface area contributed by atoms with Crippen LogP contribution in [-0.4, -0.2) is 33.8 Å². The van der Waals surface area contributed by atoms with Crippen molar-refractivity contribution in [3.05, 3.63) is 87.4 Å². The Labute approximate surface area is 173 Å². The average Bonchev–Trinajstić information content (AvgIpc) is 3.17. The van der Waals surface area contributed by atoms with Crippen LogP contribution in [0.25, 0.3) is 16.3 Å². The maximum atomic E-state index is 14.0. The fourth-order valence-electron chi connectivity index (χ4n) is 4.09. The number of hydrogen-bond donors (Lipinski definition) is 1. The van der Waals surface area contributed by atoms with Gasteiger partial charge in [-0.3, -0.25) is 9.59 Å². The standard InChI is InChI=1S/C22H16F3N3O3/c1-27(22(30)11-4-13-3-2-12(23)8-28(13)7-11)19-10-31-9-18-20(19)14-5-16(24)17(25)6-15(14)21(29)26-18/h2-8,19H,9-10H2,1H3,(H,26,29)/t19-/m0/s1. The number of amides is 1. The number of nitrogens with one attached hydrogen (secondary N) is 1. The zero-order chi connectivity index (χ0) is 21.9. The Kier molecular flexibility index (Phi) is 4.37. The molecule has 158 valence electrons. The molecule has 0 saturated carbocycles. The van der Waals surface area contributed by atoms with Crippen LogP contribution in [0.15, 0.2) is 47.5 Å². The van der Waals surface area contributed by atoms with E-state index in [1.165, 1.54) is 27.8 Å². The molecule has 9 heteroatoms. The Morgan fingerprint density at radius 2 is 1.87 bits per heavy atom. The van der Waals surface area contributed by atoms with Gasteiger partial charge in [-0.15, -0.1) is 0 Å². The van der Waals surface area contributed by atoms with Crippen molar-refractivity contribution in [3.8, 4) is 0 Å². The molecule has 6 nitrogen and oxygen atoms in total. The zero-order valence-electron chi connectivity index (χ0n) is 16.3. The molecule has 1 aliphatic rings. The van der Waals surface area contributed by atoms with Gasteiger partial charge in [0.2, 0.25) is 0 Å². The number of fused-ring (bicyclic) bond motifs is 4. The Balaban J connectivity index is 1.61. The van der Waals surface area contributed by atoms with Gasteiger partial charge in [-0.25, -0.2) is 13.2 Å². The highest BCUT2D eigenvalue weighted by molar-refractivity contribution is 5.96. The van der Waals surface area contributed by atoms with E-state index in [2.05, 4.69) is 4.98 Å². The number of hydrogen-bond acceptors (Lipinski definition) is 3. The number of aromatic nitrogens is 2. The summed E-state index contributed by atoms with van der Waals surface area (Å²) in [6.45, 7) is 0.185. The molecule has 1 atom stereocenters. The molecular weight excluding hydrogens is 411 g/mol. The monoisotopic (exact) mass is 427 g/mol. The number of H-pyrrole nitrogens is 1. The first-order valence-corrected chi connectivity index (χ1v) is 9.49. The Morgan fingerprint density at radius 3 is 2.65 bits per heavy atom. The summed E-state index contributed by atoms with van der Waals surface area (Å²) in [6.07, 6.45) is 2.78. The summed E-state index contributed by atoms with van der Waals surface area (Å²) >= 11 is 0. The van der Waals surface area contributed by atoms with Crippen molar-refractivity contribution < 1.29 is 22.7 Å². The van der Waals surface area contributed by atoms with Crippen LogP contribution in [0, 0.1) is 17.5 Å². The summed E-state index contributed by atoms with van der Waals surface area (Å²) in [4.78, 5) is 29.6. The zero-order valence-corrected chi connectivity index (χ0v) is 16.3. The SMILES string of the molecule is CN(C(=O)c1cc2ccc(F)cn2c1)[C@H]1COCc2[nH]c(=O)c3cc(F)c(F)cc3c21. The molecule has 0 radical (unpaired) electrons. The molecule has 1 amide bonds. The van der Waals surface area contributed by atoms with Crippen LogP contribution >= 0.6 is 0 Å². The molecule has 1 aliphatic heterocycles. The van der Waals surface area contributed by atoms with Crippen molar-refractivity contribution in [2.45, 2.75) is 12.6 Å². The predicted octanol–water partition coefficient (Wildman–Crippen LogP) is 3.54. The molecule has 0 bridgehead atoms. The fraction of sp³-hybridized carbons (Fsp3) is 0.182. The van der Waals surface area contributed by atoms with Gasteiger partial charge in [0.25, 0.3) is 11.5 Å². The summed E-state index contributed by atoms with van der Waals surface area (Å²) in [5, 5.41) is 0.227. The number of pyridine rings is 2. The Morgan fingerprint density at radius 1 is 1.13 bits per heavy atom. The van der Waals surface area contributed by atoms with Crippen molar-refractivity contribution in [1.82, 2.24) is 14.3 Å². The van der Waals surface area contributed by atoms with Gasteiger partial charge in [0, 0.05) is 36.2 Å². The number of benzene rings is 1. The van der Waals surface area contributed by atoms with Gasteiger partial charge in [-0.1, -0.05) is 0 Å².